The minimum Gasteiger partial charge on any atom is -0.465 e. The summed E-state index contributed by atoms with van der Waals surface area (Å²) in [7, 11) is 0. The van der Waals surface area contributed by atoms with Crippen LogP contribution in [0.3, 0.4) is 0 Å². The first-order valence-corrected chi connectivity index (χ1v) is 7.48. The Morgan fingerprint density at radius 1 is 1.61 bits per heavy atom. The molecule has 5 nitrogen and oxygen atoms in total. The van der Waals surface area contributed by atoms with E-state index < -0.39 is 0 Å². The second-order valence-electron chi connectivity index (χ2n) is 3.33. The van der Waals surface area contributed by atoms with E-state index in [9.17, 15) is 4.79 Å². The average molecular weight is 284 g/mol. The van der Waals surface area contributed by atoms with Gasteiger partial charge in [-0.05, 0) is 18.4 Å². The largest absolute Gasteiger partial charge is 0.465 e. The van der Waals surface area contributed by atoms with Crippen LogP contribution in [0.4, 0.5) is 0 Å². The molecule has 0 spiro atoms. The number of nitrogens with zero attached hydrogens (tertiary/aromatic N) is 2. The molecular formula is C11H12N2O3S2. The Labute approximate surface area is 113 Å². The molecule has 2 rings (SSSR count). The zero-order chi connectivity index (χ0) is 12.8. The summed E-state index contributed by atoms with van der Waals surface area (Å²) in [6.45, 7) is 2.19. The van der Waals surface area contributed by atoms with Crippen molar-refractivity contribution in [2.45, 2.75) is 12.7 Å². The van der Waals surface area contributed by atoms with E-state index in [0.29, 0.717) is 29.8 Å². The van der Waals surface area contributed by atoms with E-state index in [4.69, 9.17) is 9.26 Å². The molecule has 2 aromatic rings. The maximum absolute atomic E-state index is 11.1. The highest BCUT2D eigenvalue weighted by molar-refractivity contribution is 7.99. The van der Waals surface area contributed by atoms with Crippen LogP contribution in [0.1, 0.15) is 12.7 Å². The molecule has 2 aromatic heterocycles. The lowest BCUT2D eigenvalue weighted by atomic mass is 10.3. The van der Waals surface area contributed by atoms with Gasteiger partial charge in [0.1, 0.15) is 0 Å². The number of hydrogen-bond acceptors (Lipinski definition) is 7. The van der Waals surface area contributed by atoms with E-state index in [1.54, 1.807) is 18.3 Å². The molecular weight excluding hydrogens is 272 g/mol. The zero-order valence-corrected chi connectivity index (χ0v) is 11.4. The van der Waals surface area contributed by atoms with E-state index in [2.05, 4.69) is 10.1 Å². The predicted octanol–water partition coefficient (Wildman–Crippen LogP) is 2.59. The normalized spacial score (nSPS) is 10.5. The van der Waals surface area contributed by atoms with Gasteiger partial charge in [-0.15, -0.1) is 11.8 Å². The molecule has 0 saturated heterocycles. The molecule has 0 bridgehead atoms. The van der Waals surface area contributed by atoms with Gasteiger partial charge in [0, 0.05) is 5.38 Å². The minimum atomic E-state index is -0.218. The van der Waals surface area contributed by atoms with Crippen LogP contribution in [0.15, 0.2) is 21.3 Å². The number of carbonyl (C=O) groups is 1. The zero-order valence-electron chi connectivity index (χ0n) is 9.79. The molecule has 0 saturated carbocycles. The molecule has 0 atom stereocenters. The molecule has 0 amide bonds. The van der Waals surface area contributed by atoms with Gasteiger partial charge in [0.15, 0.2) is 5.82 Å². The van der Waals surface area contributed by atoms with E-state index in [-0.39, 0.29) is 5.97 Å². The van der Waals surface area contributed by atoms with Crippen molar-refractivity contribution in [3.05, 3.63) is 22.7 Å². The minimum absolute atomic E-state index is 0.218. The van der Waals surface area contributed by atoms with Crippen molar-refractivity contribution >= 4 is 29.1 Å². The summed E-state index contributed by atoms with van der Waals surface area (Å²) < 4.78 is 9.95. The smallest absolute Gasteiger partial charge is 0.315 e. The van der Waals surface area contributed by atoms with Crippen LogP contribution < -0.4 is 0 Å². The fourth-order valence-electron chi connectivity index (χ4n) is 1.24. The molecule has 7 heteroatoms. The third-order valence-electron chi connectivity index (χ3n) is 1.99. The molecule has 0 aliphatic rings. The van der Waals surface area contributed by atoms with Gasteiger partial charge in [-0.25, -0.2) is 0 Å². The number of rotatable bonds is 6. The number of hydrogen-bond donors (Lipinski definition) is 0. The van der Waals surface area contributed by atoms with Gasteiger partial charge < -0.3 is 9.26 Å². The number of aromatic nitrogens is 2. The number of ether oxygens (including phenoxy) is 1. The van der Waals surface area contributed by atoms with Crippen LogP contribution in [0.25, 0.3) is 11.5 Å². The van der Waals surface area contributed by atoms with Crippen molar-refractivity contribution in [2.75, 3.05) is 12.4 Å². The molecule has 2 heterocycles. The highest BCUT2D eigenvalue weighted by Gasteiger charge is 2.10. The molecule has 18 heavy (non-hydrogen) atoms. The lowest BCUT2D eigenvalue weighted by Gasteiger charge is -1.98. The van der Waals surface area contributed by atoms with Crippen molar-refractivity contribution in [1.82, 2.24) is 10.1 Å². The van der Waals surface area contributed by atoms with Crippen molar-refractivity contribution in [1.29, 1.82) is 0 Å². The molecule has 0 unspecified atom stereocenters. The van der Waals surface area contributed by atoms with Gasteiger partial charge in [0.25, 0.3) is 5.89 Å². The summed E-state index contributed by atoms with van der Waals surface area (Å²) in [5.41, 5.74) is 0.925. The lowest BCUT2D eigenvalue weighted by molar-refractivity contribution is -0.139. The van der Waals surface area contributed by atoms with Crippen LogP contribution in [-0.4, -0.2) is 28.5 Å². The number of carbonyl (C=O) groups excluding carboxylic acids is 1. The van der Waals surface area contributed by atoms with Gasteiger partial charge in [-0.1, -0.05) is 5.16 Å². The molecule has 0 radical (unpaired) electrons. The van der Waals surface area contributed by atoms with Gasteiger partial charge in [0.2, 0.25) is 0 Å². The van der Waals surface area contributed by atoms with Gasteiger partial charge in [-0.3, -0.25) is 4.79 Å². The van der Waals surface area contributed by atoms with Crippen LogP contribution in [0.2, 0.25) is 0 Å². The van der Waals surface area contributed by atoms with Crippen molar-refractivity contribution in [2.24, 2.45) is 0 Å². The Balaban J connectivity index is 1.82. The van der Waals surface area contributed by atoms with E-state index in [0.717, 1.165) is 5.56 Å². The third kappa shape index (κ3) is 3.58. The average Bonchev–Trinajstić information content (AvgIpc) is 2.99. The van der Waals surface area contributed by atoms with Gasteiger partial charge >= 0.3 is 5.97 Å². The summed E-state index contributed by atoms with van der Waals surface area (Å²) in [6.07, 6.45) is 0. The first kappa shape index (κ1) is 13.1. The SMILES string of the molecule is CCOC(=O)CSCc1noc(-c2ccsc2)n1. The van der Waals surface area contributed by atoms with Crippen LogP contribution in [0, 0.1) is 0 Å². The first-order valence-electron chi connectivity index (χ1n) is 5.38. The Morgan fingerprint density at radius 2 is 2.50 bits per heavy atom. The maximum atomic E-state index is 11.1. The quantitative estimate of drug-likeness (QED) is 0.760. The lowest BCUT2D eigenvalue weighted by Crippen LogP contribution is -2.06. The fraction of sp³-hybridized carbons (Fsp3) is 0.364. The van der Waals surface area contributed by atoms with Crippen LogP contribution in [0.5, 0.6) is 0 Å². The summed E-state index contributed by atoms with van der Waals surface area (Å²) in [6, 6.07) is 1.92. The summed E-state index contributed by atoms with van der Waals surface area (Å²) >= 11 is 2.98. The molecule has 96 valence electrons. The van der Waals surface area contributed by atoms with Crippen molar-refractivity contribution in [3.63, 3.8) is 0 Å². The van der Waals surface area contributed by atoms with Gasteiger partial charge in [0.05, 0.1) is 23.7 Å². The highest BCUT2D eigenvalue weighted by Crippen LogP contribution is 2.21. The fourth-order valence-corrected chi connectivity index (χ4v) is 2.53. The summed E-state index contributed by atoms with van der Waals surface area (Å²) in [5, 5.41) is 7.76. The van der Waals surface area contributed by atoms with Crippen LogP contribution in [-0.2, 0) is 15.3 Å². The Hall–Kier alpha value is -1.34. The standard InChI is InChI=1S/C11H12N2O3S2/c1-2-15-10(14)7-18-6-9-12-11(16-13-9)8-3-4-17-5-8/h3-5H,2,6-7H2,1H3. The third-order valence-corrected chi connectivity index (χ3v) is 3.58. The summed E-state index contributed by atoms with van der Waals surface area (Å²) in [4.78, 5) is 15.4. The molecule has 0 N–H and O–H groups in total. The van der Waals surface area contributed by atoms with E-state index in [1.165, 1.54) is 11.8 Å². The molecule has 0 fully saturated rings. The van der Waals surface area contributed by atoms with E-state index in [1.807, 2.05) is 16.8 Å². The summed E-state index contributed by atoms with van der Waals surface area (Å²) in [5.74, 6) is 1.72. The molecule has 0 aliphatic heterocycles. The topological polar surface area (TPSA) is 65.2 Å². The number of esters is 1. The Kier molecular flexibility index (Phi) is 4.77. The number of thioether (sulfide) groups is 1. The monoisotopic (exact) mass is 284 g/mol. The Bertz CT molecular complexity index is 496. The highest BCUT2D eigenvalue weighted by atomic mass is 32.2. The van der Waals surface area contributed by atoms with Crippen molar-refractivity contribution in [3.8, 4) is 11.5 Å². The molecule has 0 aromatic carbocycles. The van der Waals surface area contributed by atoms with E-state index >= 15 is 0 Å². The first-order chi connectivity index (χ1) is 8.79. The molecule has 0 aliphatic carbocycles. The van der Waals surface area contributed by atoms with Crippen LogP contribution >= 0.6 is 23.1 Å². The second kappa shape index (κ2) is 6.55. The van der Waals surface area contributed by atoms with Crippen molar-refractivity contribution < 1.29 is 14.1 Å². The number of thiophene rings is 1. The second-order valence-corrected chi connectivity index (χ2v) is 5.09. The predicted molar refractivity (Wildman–Crippen MR) is 70.4 cm³/mol. The maximum Gasteiger partial charge on any atom is 0.315 e. The Morgan fingerprint density at radius 3 is 3.22 bits per heavy atom. The van der Waals surface area contributed by atoms with Gasteiger partial charge in [-0.2, -0.15) is 16.3 Å².